The number of piperazine rings is 1. The maximum Gasteiger partial charge on any atom is 0.387 e. The van der Waals surface area contributed by atoms with Crippen molar-refractivity contribution in [2.75, 3.05) is 32.8 Å². The van der Waals surface area contributed by atoms with Crippen molar-refractivity contribution >= 4 is 17.5 Å². The Hall–Kier alpha value is -3.12. The molecule has 2 heterocycles. The molecule has 36 heavy (non-hydrogen) atoms. The van der Waals surface area contributed by atoms with Gasteiger partial charge >= 0.3 is 6.61 Å². The van der Waals surface area contributed by atoms with Gasteiger partial charge in [0.2, 0.25) is 5.95 Å². The molecule has 1 saturated heterocycles. The molecule has 1 unspecified atom stereocenters. The molecule has 1 fully saturated rings. The number of carbonyl (C=O) groups is 1. The standard InChI is InChI=1S/C24H24ClF3N4O4/c25-21-18(20-12-29-30-22(20)26)2-1-3-19(21)23(33)32-11-10-31(16(13-32)14-35-34)9-8-15-4-6-17(7-5-15)36-24(27)28/h1-7,12,16,24,34H,8-11,13-14H2,(H,29,30). The zero-order chi connectivity index (χ0) is 25.7. The lowest BCUT2D eigenvalue weighted by Crippen LogP contribution is -2.56. The molecule has 2 aromatic carbocycles. The fourth-order valence-corrected chi connectivity index (χ4v) is 4.57. The molecule has 1 aliphatic heterocycles. The van der Waals surface area contributed by atoms with Crippen LogP contribution in [0.2, 0.25) is 5.02 Å². The average Bonchev–Trinajstić information content (AvgIpc) is 3.29. The second-order valence-corrected chi connectivity index (χ2v) is 8.65. The largest absolute Gasteiger partial charge is 0.435 e. The molecule has 1 amide bonds. The summed E-state index contributed by atoms with van der Waals surface area (Å²) in [4.78, 5) is 21.4. The third-order valence-corrected chi connectivity index (χ3v) is 6.51. The number of ether oxygens (including phenoxy) is 1. The van der Waals surface area contributed by atoms with Gasteiger partial charge in [0.25, 0.3) is 5.91 Å². The van der Waals surface area contributed by atoms with Gasteiger partial charge in [0.15, 0.2) is 0 Å². The van der Waals surface area contributed by atoms with Gasteiger partial charge in [0.1, 0.15) is 5.75 Å². The number of carbonyl (C=O) groups excluding carboxylic acids is 1. The minimum atomic E-state index is -2.88. The first-order chi connectivity index (χ1) is 17.4. The molecular weight excluding hydrogens is 501 g/mol. The summed E-state index contributed by atoms with van der Waals surface area (Å²) >= 11 is 6.49. The number of benzene rings is 2. The first-order valence-electron chi connectivity index (χ1n) is 11.2. The Kier molecular flexibility index (Phi) is 8.47. The van der Waals surface area contributed by atoms with Gasteiger partial charge in [-0.15, -0.1) is 0 Å². The minimum Gasteiger partial charge on any atom is -0.435 e. The lowest BCUT2D eigenvalue weighted by molar-refractivity contribution is -0.253. The van der Waals surface area contributed by atoms with Crippen LogP contribution in [0.3, 0.4) is 0 Å². The second kappa shape index (κ2) is 11.7. The zero-order valence-electron chi connectivity index (χ0n) is 19.0. The third kappa shape index (κ3) is 5.98. The number of rotatable bonds is 9. The monoisotopic (exact) mass is 524 g/mol. The maximum absolute atomic E-state index is 14.0. The molecule has 3 aromatic rings. The van der Waals surface area contributed by atoms with Crippen LogP contribution in [0.5, 0.6) is 5.75 Å². The number of hydrogen-bond acceptors (Lipinski definition) is 6. The Bertz CT molecular complexity index is 1180. The highest BCUT2D eigenvalue weighted by Crippen LogP contribution is 2.32. The first kappa shape index (κ1) is 26.0. The number of H-pyrrole nitrogens is 1. The molecule has 1 aliphatic rings. The summed E-state index contributed by atoms with van der Waals surface area (Å²) < 4.78 is 43.0. The Morgan fingerprint density at radius 3 is 2.64 bits per heavy atom. The van der Waals surface area contributed by atoms with Crippen LogP contribution in [0.15, 0.2) is 48.7 Å². The molecule has 192 valence electrons. The number of aromatic nitrogens is 2. The highest BCUT2D eigenvalue weighted by molar-refractivity contribution is 6.36. The fraction of sp³-hybridized carbons (Fsp3) is 0.333. The molecule has 0 radical (unpaired) electrons. The van der Waals surface area contributed by atoms with E-state index in [1.54, 1.807) is 35.2 Å². The molecule has 0 aliphatic carbocycles. The Morgan fingerprint density at radius 2 is 1.97 bits per heavy atom. The first-order valence-corrected chi connectivity index (χ1v) is 11.6. The Morgan fingerprint density at radius 1 is 1.19 bits per heavy atom. The predicted octanol–water partition coefficient (Wildman–Crippen LogP) is 4.33. The van der Waals surface area contributed by atoms with E-state index in [-0.39, 0.29) is 47.0 Å². The van der Waals surface area contributed by atoms with Gasteiger partial charge in [-0.25, -0.2) is 4.89 Å². The van der Waals surface area contributed by atoms with Crippen LogP contribution in [-0.2, 0) is 11.3 Å². The molecule has 0 bridgehead atoms. The molecule has 0 spiro atoms. The maximum atomic E-state index is 14.0. The molecule has 12 heteroatoms. The van der Waals surface area contributed by atoms with E-state index in [0.29, 0.717) is 31.6 Å². The number of hydrogen-bond donors (Lipinski definition) is 2. The minimum absolute atomic E-state index is 0.0149. The van der Waals surface area contributed by atoms with E-state index in [1.165, 1.54) is 18.3 Å². The second-order valence-electron chi connectivity index (χ2n) is 8.27. The highest BCUT2D eigenvalue weighted by Gasteiger charge is 2.31. The van der Waals surface area contributed by atoms with Gasteiger partial charge in [-0.1, -0.05) is 35.9 Å². The lowest BCUT2D eigenvalue weighted by atomic mass is 10.0. The number of aromatic amines is 1. The van der Waals surface area contributed by atoms with E-state index in [2.05, 4.69) is 24.7 Å². The van der Waals surface area contributed by atoms with Gasteiger partial charge in [-0.2, -0.15) is 18.3 Å². The number of nitrogens with one attached hydrogen (secondary N) is 1. The van der Waals surface area contributed by atoms with Crippen molar-refractivity contribution < 1.29 is 32.8 Å². The van der Waals surface area contributed by atoms with E-state index in [1.807, 2.05) is 0 Å². The van der Waals surface area contributed by atoms with E-state index in [9.17, 15) is 18.0 Å². The SMILES string of the molecule is O=C(c1cccc(-c2cn[nH]c2F)c1Cl)N1CCN(CCc2ccc(OC(F)F)cc2)C(COO)C1. The molecule has 4 rings (SSSR count). The smallest absolute Gasteiger partial charge is 0.387 e. The van der Waals surface area contributed by atoms with E-state index in [4.69, 9.17) is 16.9 Å². The zero-order valence-corrected chi connectivity index (χ0v) is 19.8. The summed E-state index contributed by atoms with van der Waals surface area (Å²) in [5, 5.41) is 15.1. The van der Waals surface area contributed by atoms with Crippen LogP contribution in [0.25, 0.3) is 11.1 Å². The molecule has 1 aromatic heterocycles. The normalized spacial score (nSPS) is 16.5. The van der Waals surface area contributed by atoms with E-state index >= 15 is 0 Å². The predicted molar refractivity (Wildman–Crippen MR) is 126 cm³/mol. The lowest BCUT2D eigenvalue weighted by Gasteiger charge is -2.41. The van der Waals surface area contributed by atoms with Crippen molar-refractivity contribution in [3.05, 3.63) is 70.8 Å². The third-order valence-electron chi connectivity index (χ3n) is 6.11. The topological polar surface area (TPSA) is 90.9 Å². The van der Waals surface area contributed by atoms with Gasteiger partial charge in [0, 0.05) is 31.7 Å². The van der Waals surface area contributed by atoms with Gasteiger partial charge in [0.05, 0.1) is 35.0 Å². The molecule has 8 nitrogen and oxygen atoms in total. The van der Waals surface area contributed by atoms with E-state index in [0.717, 1.165) is 5.56 Å². The van der Waals surface area contributed by atoms with Crippen molar-refractivity contribution in [2.45, 2.75) is 19.1 Å². The number of nitrogens with zero attached hydrogens (tertiary/aromatic N) is 3. The molecule has 1 atom stereocenters. The van der Waals surface area contributed by atoms with Crippen LogP contribution < -0.4 is 4.74 Å². The van der Waals surface area contributed by atoms with Crippen LogP contribution in [-0.4, -0.2) is 76.6 Å². The molecule has 2 N–H and O–H groups in total. The average molecular weight is 525 g/mol. The van der Waals surface area contributed by atoms with Crippen LogP contribution in [0, 0.1) is 5.95 Å². The van der Waals surface area contributed by atoms with Crippen molar-refractivity contribution in [3.63, 3.8) is 0 Å². The molecule has 0 saturated carbocycles. The number of amides is 1. The van der Waals surface area contributed by atoms with Gasteiger partial charge in [-0.3, -0.25) is 20.1 Å². The molecular formula is C24H24ClF3N4O4. The summed E-state index contributed by atoms with van der Waals surface area (Å²) in [7, 11) is 0. The van der Waals surface area contributed by atoms with Crippen molar-refractivity contribution in [3.8, 4) is 16.9 Å². The quantitative estimate of drug-likeness (QED) is 0.320. The van der Waals surface area contributed by atoms with Gasteiger partial charge < -0.3 is 9.64 Å². The summed E-state index contributed by atoms with van der Waals surface area (Å²) in [5.41, 5.74) is 1.68. The summed E-state index contributed by atoms with van der Waals surface area (Å²) in [6.07, 6.45) is 1.92. The summed E-state index contributed by atoms with van der Waals surface area (Å²) in [6.45, 7) is -1.10. The summed E-state index contributed by atoms with van der Waals surface area (Å²) in [6, 6.07) is 10.9. The fourth-order valence-electron chi connectivity index (χ4n) is 4.26. The van der Waals surface area contributed by atoms with Crippen molar-refractivity contribution in [1.29, 1.82) is 0 Å². The number of alkyl halides is 2. The van der Waals surface area contributed by atoms with Crippen LogP contribution >= 0.6 is 11.6 Å². The van der Waals surface area contributed by atoms with Crippen molar-refractivity contribution in [2.24, 2.45) is 0 Å². The van der Waals surface area contributed by atoms with Gasteiger partial charge in [-0.05, 0) is 30.2 Å². The van der Waals surface area contributed by atoms with E-state index < -0.39 is 12.6 Å². The Labute approximate surface area is 210 Å². The highest BCUT2D eigenvalue weighted by atomic mass is 35.5. The summed E-state index contributed by atoms with van der Waals surface area (Å²) in [5.74, 6) is -0.875. The number of halogens is 4. The van der Waals surface area contributed by atoms with Crippen molar-refractivity contribution in [1.82, 2.24) is 20.0 Å². The van der Waals surface area contributed by atoms with Crippen LogP contribution in [0.1, 0.15) is 15.9 Å². The Balaban J connectivity index is 1.41. The van der Waals surface area contributed by atoms with Crippen LogP contribution in [0.4, 0.5) is 13.2 Å².